The highest BCUT2D eigenvalue weighted by Crippen LogP contribution is 2.15. The summed E-state index contributed by atoms with van der Waals surface area (Å²) < 4.78 is 0. The monoisotopic (exact) mass is 242 g/mol. The molecule has 0 aromatic carbocycles. The Morgan fingerprint density at radius 1 is 1.18 bits per heavy atom. The molecule has 0 spiro atoms. The third-order valence-corrected chi connectivity index (χ3v) is 2.13. The van der Waals surface area contributed by atoms with Crippen LogP contribution in [-0.4, -0.2) is 34.2 Å². The molecule has 2 amide bonds. The first-order valence-electron chi connectivity index (χ1n) is 5.14. The second-order valence-corrected chi connectivity index (χ2v) is 3.70. The zero-order valence-corrected chi connectivity index (χ0v) is 9.61. The molecule has 0 saturated heterocycles. The summed E-state index contributed by atoms with van der Waals surface area (Å²) in [5, 5.41) is 18.9. The molecule has 0 aromatic heterocycles. The van der Waals surface area contributed by atoms with Gasteiger partial charge in [-0.2, -0.15) is 0 Å². The topological polar surface area (TPSA) is 127 Å². The van der Waals surface area contributed by atoms with Crippen LogP contribution in [0.25, 0.3) is 0 Å². The molecule has 0 aliphatic heterocycles. The lowest BCUT2D eigenvalue weighted by molar-refractivity contribution is -0.114. The van der Waals surface area contributed by atoms with Crippen LogP contribution in [-0.2, 0) is 9.59 Å². The quantitative estimate of drug-likeness (QED) is 0.419. The normalized spacial score (nSPS) is 17.1. The van der Waals surface area contributed by atoms with Crippen LogP contribution in [0.15, 0.2) is 24.3 Å². The number of aliphatic hydroxyl groups excluding tert-OH is 2. The van der Waals surface area contributed by atoms with Crippen molar-refractivity contribution >= 4 is 11.8 Å². The average Bonchev–Trinajstić information content (AvgIpc) is 2.21. The molecular weight excluding hydrogens is 224 g/mol. The van der Waals surface area contributed by atoms with Gasteiger partial charge in [0.25, 0.3) is 0 Å². The van der Waals surface area contributed by atoms with Crippen LogP contribution in [0.3, 0.4) is 0 Å². The number of amides is 2. The van der Waals surface area contributed by atoms with Crippen LogP contribution in [0, 0.1) is 5.92 Å². The molecular formula is C11H18N2O4. The maximum atomic E-state index is 10.6. The van der Waals surface area contributed by atoms with E-state index >= 15 is 0 Å². The standard InChI is InChI=1S/C11H18N2O4/c1-7(14)11(17)8(5-6-10(13)16)3-2-4-9(12)15/h2,4-8,11,14,17H,3H2,1H3,(H2,12,15)(H2,13,16). The van der Waals surface area contributed by atoms with E-state index in [4.69, 9.17) is 11.5 Å². The van der Waals surface area contributed by atoms with Gasteiger partial charge in [-0.3, -0.25) is 9.59 Å². The Morgan fingerprint density at radius 2 is 1.71 bits per heavy atom. The first-order chi connectivity index (χ1) is 7.84. The van der Waals surface area contributed by atoms with E-state index in [9.17, 15) is 19.8 Å². The maximum absolute atomic E-state index is 10.6. The second kappa shape index (κ2) is 7.59. The first-order valence-corrected chi connectivity index (χ1v) is 5.14. The summed E-state index contributed by atoms with van der Waals surface area (Å²) in [5.74, 6) is -1.76. The third-order valence-electron chi connectivity index (χ3n) is 2.13. The number of nitrogens with two attached hydrogens (primary N) is 2. The fourth-order valence-electron chi connectivity index (χ4n) is 1.25. The molecule has 0 heterocycles. The fraction of sp³-hybridized carbons (Fsp3) is 0.455. The van der Waals surface area contributed by atoms with Crippen LogP contribution < -0.4 is 11.5 Å². The Balaban J connectivity index is 4.61. The summed E-state index contributed by atoms with van der Waals surface area (Å²) in [6.07, 6.45) is 3.37. The van der Waals surface area contributed by atoms with Crippen molar-refractivity contribution in [2.75, 3.05) is 0 Å². The van der Waals surface area contributed by atoms with Gasteiger partial charge in [0.15, 0.2) is 0 Å². The Labute approximate surface area is 99.6 Å². The molecule has 6 nitrogen and oxygen atoms in total. The summed E-state index contributed by atoms with van der Waals surface area (Å²) in [5.41, 5.74) is 9.84. The van der Waals surface area contributed by atoms with Crippen molar-refractivity contribution in [2.45, 2.75) is 25.6 Å². The van der Waals surface area contributed by atoms with E-state index in [1.165, 1.54) is 19.1 Å². The molecule has 96 valence electrons. The van der Waals surface area contributed by atoms with Gasteiger partial charge < -0.3 is 21.7 Å². The predicted molar refractivity (Wildman–Crippen MR) is 62.5 cm³/mol. The summed E-state index contributed by atoms with van der Waals surface area (Å²) in [4.78, 5) is 21.1. The third kappa shape index (κ3) is 7.26. The van der Waals surface area contributed by atoms with Crippen LogP contribution in [0.2, 0.25) is 0 Å². The van der Waals surface area contributed by atoms with E-state index in [1.54, 1.807) is 0 Å². The van der Waals surface area contributed by atoms with E-state index < -0.39 is 29.9 Å². The summed E-state index contributed by atoms with van der Waals surface area (Å²) in [6.45, 7) is 1.42. The van der Waals surface area contributed by atoms with Crippen LogP contribution in [0.1, 0.15) is 13.3 Å². The van der Waals surface area contributed by atoms with E-state index in [0.717, 1.165) is 12.2 Å². The molecule has 6 N–H and O–H groups in total. The van der Waals surface area contributed by atoms with Crippen molar-refractivity contribution in [2.24, 2.45) is 17.4 Å². The minimum absolute atomic E-state index is 0.263. The second-order valence-electron chi connectivity index (χ2n) is 3.70. The number of primary amides is 2. The SMILES string of the molecule is CC(O)C(O)C(C=CC(N)=O)CC=CC(N)=O. The Hall–Kier alpha value is -1.66. The minimum atomic E-state index is -1.05. The van der Waals surface area contributed by atoms with Gasteiger partial charge in [0, 0.05) is 5.92 Å². The smallest absolute Gasteiger partial charge is 0.241 e. The van der Waals surface area contributed by atoms with Gasteiger partial charge in [-0.25, -0.2) is 0 Å². The molecule has 3 atom stereocenters. The first kappa shape index (κ1) is 15.3. The van der Waals surface area contributed by atoms with Crippen LogP contribution in [0.5, 0.6) is 0 Å². The van der Waals surface area contributed by atoms with Gasteiger partial charge in [-0.05, 0) is 25.5 Å². The molecule has 3 unspecified atom stereocenters. The molecule has 0 fully saturated rings. The van der Waals surface area contributed by atoms with Gasteiger partial charge in [-0.15, -0.1) is 0 Å². The number of carbonyl (C=O) groups excluding carboxylic acids is 2. The van der Waals surface area contributed by atoms with Gasteiger partial charge in [-0.1, -0.05) is 12.2 Å². The summed E-state index contributed by atoms with van der Waals surface area (Å²) in [7, 11) is 0. The maximum Gasteiger partial charge on any atom is 0.241 e. The Kier molecular flexibility index (Phi) is 6.85. The number of carbonyl (C=O) groups is 2. The lowest BCUT2D eigenvalue weighted by atomic mass is 9.94. The van der Waals surface area contributed by atoms with Crippen LogP contribution in [0.4, 0.5) is 0 Å². The zero-order valence-electron chi connectivity index (χ0n) is 9.61. The Morgan fingerprint density at radius 3 is 2.12 bits per heavy atom. The highest BCUT2D eigenvalue weighted by atomic mass is 16.3. The van der Waals surface area contributed by atoms with Crippen molar-refractivity contribution in [1.29, 1.82) is 0 Å². The van der Waals surface area contributed by atoms with E-state index in [1.807, 2.05) is 0 Å². The summed E-state index contributed by atoms with van der Waals surface area (Å²) >= 11 is 0. The van der Waals surface area contributed by atoms with Crippen LogP contribution >= 0.6 is 0 Å². The highest BCUT2D eigenvalue weighted by molar-refractivity contribution is 5.86. The lowest BCUT2D eigenvalue weighted by Crippen LogP contribution is -2.30. The van der Waals surface area contributed by atoms with E-state index in [2.05, 4.69) is 0 Å². The molecule has 0 rings (SSSR count). The average molecular weight is 242 g/mol. The van der Waals surface area contributed by atoms with Gasteiger partial charge >= 0.3 is 0 Å². The summed E-state index contributed by atoms with van der Waals surface area (Å²) in [6, 6.07) is 0. The van der Waals surface area contributed by atoms with Gasteiger partial charge in [0.05, 0.1) is 12.2 Å². The van der Waals surface area contributed by atoms with E-state index in [-0.39, 0.29) is 6.42 Å². The molecule has 0 aliphatic carbocycles. The van der Waals surface area contributed by atoms with Crippen molar-refractivity contribution in [1.82, 2.24) is 0 Å². The fourth-order valence-corrected chi connectivity index (χ4v) is 1.25. The molecule has 6 heteroatoms. The largest absolute Gasteiger partial charge is 0.391 e. The predicted octanol–water partition coefficient (Wildman–Crippen LogP) is -1.18. The minimum Gasteiger partial charge on any atom is -0.391 e. The number of hydrogen-bond acceptors (Lipinski definition) is 4. The van der Waals surface area contributed by atoms with Gasteiger partial charge in [0.2, 0.25) is 11.8 Å². The highest BCUT2D eigenvalue weighted by Gasteiger charge is 2.20. The number of allylic oxidation sites excluding steroid dienone is 1. The molecule has 0 radical (unpaired) electrons. The molecule has 0 bridgehead atoms. The van der Waals surface area contributed by atoms with Crippen molar-refractivity contribution in [3.63, 3.8) is 0 Å². The Bertz CT molecular complexity index is 323. The number of rotatable bonds is 7. The van der Waals surface area contributed by atoms with Gasteiger partial charge in [0.1, 0.15) is 0 Å². The molecule has 17 heavy (non-hydrogen) atoms. The molecule has 0 aliphatic rings. The number of hydrogen-bond donors (Lipinski definition) is 4. The van der Waals surface area contributed by atoms with Crippen molar-refractivity contribution < 1.29 is 19.8 Å². The lowest BCUT2D eigenvalue weighted by Gasteiger charge is -2.20. The zero-order chi connectivity index (χ0) is 13.4. The van der Waals surface area contributed by atoms with E-state index in [0.29, 0.717) is 0 Å². The molecule has 0 aromatic rings. The van der Waals surface area contributed by atoms with Crippen molar-refractivity contribution in [3.05, 3.63) is 24.3 Å². The molecule has 0 saturated carbocycles. The van der Waals surface area contributed by atoms with Crippen molar-refractivity contribution in [3.8, 4) is 0 Å². The number of aliphatic hydroxyl groups is 2.